The lowest BCUT2D eigenvalue weighted by molar-refractivity contribution is -0.148. The molecule has 0 unspecified atom stereocenters. The van der Waals surface area contributed by atoms with Crippen LogP contribution < -0.4 is 11.1 Å². The summed E-state index contributed by atoms with van der Waals surface area (Å²) in [4.78, 5) is 30.6. The van der Waals surface area contributed by atoms with Crippen LogP contribution in [0, 0.1) is 6.92 Å². The molecule has 0 saturated carbocycles. The molecule has 1 aliphatic heterocycles. The highest BCUT2D eigenvalue weighted by Crippen LogP contribution is 2.31. The number of carbonyl (C=O) groups is 2. The number of benzene rings is 1. The summed E-state index contributed by atoms with van der Waals surface area (Å²) in [5.74, 6) is -0.864. The van der Waals surface area contributed by atoms with Crippen molar-refractivity contribution in [2.24, 2.45) is 10.7 Å². The Labute approximate surface area is 160 Å². The van der Waals surface area contributed by atoms with Crippen molar-refractivity contribution in [1.82, 2.24) is 10.2 Å². The normalized spacial score (nSPS) is 18.6. The number of hydrogen-bond donors (Lipinski definition) is 2. The van der Waals surface area contributed by atoms with E-state index in [-0.39, 0.29) is 11.9 Å². The molecule has 1 aromatic rings. The topological polar surface area (TPSA) is 87.8 Å². The molecule has 1 heterocycles. The molecule has 1 fully saturated rings. The molecule has 0 radical (unpaired) electrons. The predicted molar refractivity (Wildman–Crippen MR) is 108 cm³/mol. The van der Waals surface area contributed by atoms with Gasteiger partial charge in [0.05, 0.1) is 6.04 Å². The largest absolute Gasteiger partial charge is 0.384 e. The molecule has 1 aromatic carbocycles. The van der Waals surface area contributed by atoms with Gasteiger partial charge in [-0.15, -0.1) is 0 Å². The quantitative estimate of drug-likeness (QED) is 0.486. The number of nitrogens with two attached hydrogens (primary N) is 1. The van der Waals surface area contributed by atoms with Gasteiger partial charge in [-0.05, 0) is 64.0 Å². The summed E-state index contributed by atoms with van der Waals surface area (Å²) in [7, 11) is 0. The SMILES string of the molecule is C=N/C(N)=C(C)\C=C(/C)NC(=O)C(=O)N1CCCC[C@@H]1c1cccc(C)c1. The van der Waals surface area contributed by atoms with Crippen molar-refractivity contribution in [3.05, 3.63) is 58.6 Å². The highest BCUT2D eigenvalue weighted by Gasteiger charge is 2.31. The number of aliphatic imine (C=N–C) groups is 1. The Morgan fingerprint density at radius 3 is 2.74 bits per heavy atom. The van der Waals surface area contributed by atoms with E-state index in [4.69, 9.17) is 5.73 Å². The average Bonchev–Trinajstić information content (AvgIpc) is 2.66. The van der Waals surface area contributed by atoms with Crippen molar-refractivity contribution < 1.29 is 9.59 Å². The van der Waals surface area contributed by atoms with Crippen LogP contribution in [0.4, 0.5) is 0 Å². The first kappa shape index (κ1) is 20.4. The predicted octanol–water partition coefficient (Wildman–Crippen LogP) is 2.96. The summed E-state index contributed by atoms with van der Waals surface area (Å²) >= 11 is 0. The molecule has 6 heteroatoms. The average molecular weight is 368 g/mol. The van der Waals surface area contributed by atoms with Crippen molar-refractivity contribution in [2.45, 2.75) is 46.1 Å². The van der Waals surface area contributed by atoms with Gasteiger partial charge in [-0.2, -0.15) is 0 Å². The van der Waals surface area contributed by atoms with Crippen LogP contribution in [-0.2, 0) is 9.59 Å². The first-order chi connectivity index (χ1) is 12.8. The Morgan fingerprint density at radius 2 is 2.07 bits per heavy atom. The number of hydrogen-bond acceptors (Lipinski definition) is 4. The van der Waals surface area contributed by atoms with Gasteiger partial charge in [0.25, 0.3) is 0 Å². The molecular weight excluding hydrogens is 340 g/mol. The van der Waals surface area contributed by atoms with Gasteiger partial charge in [0.1, 0.15) is 5.82 Å². The van der Waals surface area contributed by atoms with E-state index in [0.29, 0.717) is 17.8 Å². The van der Waals surface area contributed by atoms with Gasteiger partial charge in [0, 0.05) is 12.2 Å². The van der Waals surface area contributed by atoms with Crippen LogP contribution in [0.2, 0.25) is 0 Å². The Kier molecular flexibility index (Phi) is 6.93. The summed E-state index contributed by atoms with van der Waals surface area (Å²) in [6.07, 6.45) is 4.48. The molecule has 1 atom stereocenters. The number of amides is 2. The van der Waals surface area contributed by atoms with E-state index in [2.05, 4.69) is 23.1 Å². The summed E-state index contributed by atoms with van der Waals surface area (Å²) in [5, 5.41) is 2.65. The number of nitrogens with zero attached hydrogens (tertiary/aromatic N) is 2. The highest BCUT2D eigenvalue weighted by atomic mass is 16.2. The van der Waals surface area contributed by atoms with Gasteiger partial charge < -0.3 is 16.0 Å². The molecule has 6 nitrogen and oxygen atoms in total. The summed E-state index contributed by atoms with van der Waals surface area (Å²) in [5.41, 5.74) is 9.11. The molecule has 3 N–H and O–H groups in total. The van der Waals surface area contributed by atoms with Gasteiger partial charge in [-0.3, -0.25) is 9.59 Å². The lowest BCUT2D eigenvalue weighted by Crippen LogP contribution is -2.46. The molecule has 1 aliphatic rings. The van der Waals surface area contributed by atoms with E-state index in [1.54, 1.807) is 24.8 Å². The molecule has 144 valence electrons. The van der Waals surface area contributed by atoms with Crippen LogP contribution in [0.3, 0.4) is 0 Å². The third-order valence-electron chi connectivity index (χ3n) is 4.70. The van der Waals surface area contributed by atoms with Gasteiger partial charge in [-0.25, -0.2) is 4.99 Å². The fraction of sp³-hybridized carbons (Fsp3) is 0.381. The Morgan fingerprint density at radius 1 is 1.33 bits per heavy atom. The lowest BCUT2D eigenvalue weighted by atomic mass is 9.94. The zero-order valence-corrected chi connectivity index (χ0v) is 16.3. The van der Waals surface area contributed by atoms with E-state index in [9.17, 15) is 9.59 Å². The van der Waals surface area contributed by atoms with Crippen molar-refractivity contribution in [3.63, 3.8) is 0 Å². The van der Waals surface area contributed by atoms with Crippen LogP contribution >= 0.6 is 0 Å². The highest BCUT2D eigenvalue weighted by molar-refractivity contribution is 6.35. The molecule has 0 aliphatic carbocycles. The maximum Gasteiger partial charge on any atom is 0.313 e. The summed E-state index contributed by atoms with van der Waals surface area (Å²) in [6.45, 7) is 9.45. The molecule has 1 saturated heterocycles. The number of carbonyl (C=O) groups excluding carboxylic acids is 2. The second kappa shape index (κ2) is 9.16. The molecule has 2 amide bonds. The fourth-order valence-electron chi connectivity index (χ4n) is 3.32. The fourth-order valence-corrected chi connectivity index (χ4v) is 3.32. The lowest BCUT2D eigenvalue weighted by Gasteiger charge is -2.35. The number of allylic oxidation sites excluding steroid dienone is 3. The van der Waals surface area contributed by atoms with Crippen LogP contribution in [0.5, 0.6) is 0 Å². The van der Waals surface area contributed by atoms with Crippen LogP contribution in [0.15, 0.2) is 52.4 Å². The third kappa shape index (κ3) is 5.29. The minimum absolute atomic E-state index is 0.0663. The first-order valence-corrected chi connectivity index (χ1v) is 9.13. The number of piperidine rings is 1. The molecule has 0 aromatic heterocycles. The van der Waals surface area contributed by atoms with E-state index >= 15 is 0 Å². The van der Waals surface area contributed by atoms with E-state index in [0.717, 1.165) is 30.4 Å². The number of rotatable bonds is 4. The summed E-state index contributed by atoms with van der Waals surface area (Å²) in [6, 6.07) is 8.05. The first-order valence-electron chi connectivity index (χ1n) is 9.13. The summed E-state index contributed by atoms with van der Waals surface area (Å²) < 4.78 is 0. The van der Waals surface area contributed by atoms with Crippen LogP contribution in [-0.4, -0.2) is 30.0 Å². The Hall–Kier alpha value is -2.89. The Bertz CT molecular complexity index is 795. The van der Waals surface area contributed by atoms with E-state index < -0.39 is 11.8 Å². The molecular formula is C21H28N4O2. The van der Waals surface area contributed by atoms with Gasteiger partial charge in [0.2, 0.25) is 0 Å². The van der Waals surface area contributed by atoms with E-state index in [1.165, 1.54) is 0 Å². The van der Waals surface area contributed by atoms with Gasteiger partial charge >= 0.3 is 11.8 Å². The second-order valence-corrected chi connectivity index (χ2v) is 6.93. The van der Waals surface area contributed by atoms with Crippen molar-refractivity contribution in [1.29, 1.82) is 0 Å². The maximum absolute atomic E-state index is 12.8. The number of nitrogens with one attached hydrogen (secondary N) is 1. The van der Waals surface area contributed by atoms with Gasteiger partial charge in [-0.1, -0.05) is 29.8 Å². The minimum Gasteiger partial charge on any atom is -0.384 e. The Balaban J connectivity index is 2.15. The van der Waals surface area contributed by atoms with Crippen LogP contribution in [0.25, 0.3) is 0 Å². The number of likely N-dealkylation sites (tertiary alicyclic amines) is 1. The molecule has 2 rings (SSSR count). The second-order valence-electron chi connectivity index (χ2n) is 6.93. The smallest absolute Gasteiger partial charge is 0.313 e. The van der Waals surface area contributed by atoms with Crippen LogP contribution in [0.1, 0.15) is 50.3 Å². The van der Waals surface area contributed by atoms with Crippen molar-refractivity contribution >= 4 is 18.5 Å². The zero-order chi connectivity index (χ0) is 20.0. The monoisotopic (exact) mass is 368 g/mol. The van der Waals surface area contributed by atoms with Gasteiger partial charge in [0.15, 0.2) is 0 Å². The molecule has 27 heavy (non-hydrogen) atoms. The van der Waals surface area contributed by atoms with Crippen molar-refractivity contribution in [2.75, 3.05) is 6.54 Å². The standard InChI is InChI=1S/C21H28N4O2/c1-14-8-7-9-17(12-14)18-10-5-6-11-25(18)21(27)20(26)24-16(3)13-15(2)19(22)23-4/h7-9,12-13,18H,4-6,10-11,22H2,1-3H3,(H,24,26)/b16-13+,19-15-/t18-/m1/s1. The number of aryl methyl sites for hydroxylation is 1. The maximum atomic E-state index is 12.8. The van der Waals surface area contributed by atoms with E-state index in [1.807, 2.05) is 25.1 Å². The molecule has 0 spiro atoms. The third-order valence-corrected chi connectivity index (χ3v) is 4.70. The minimum atomic E-state index is -0.638. The van der Waals surface area contributed by atoms with Crippen molar-refractivity contribution in [3.8, 4) is 0 Å². The molecule has 0 bridgehead atoms. The zero-order valence-electron chi connectivity index (χ0n) is 16.3.